The van der Waals surface area contributed by atoms with E-state index in [0.717, 1.165) is 0 Å². The van der Waals surface area contributed by atoms with Gasteiger partial charge in [0.15, 0.2) is 12.5 Å². The second-order valence-electron chi connectivity index (χ2n) is 5.36. The van der Waals surface area contributed by atoms with Gasteiger partial charge in [-0.1, -0.05) is 13.8 Å². The minimum Gasteiger partial charge on any atom is -0.548 e. The molecular weight excluding hydrogens is 210 g/mol. The fraction of sp³-hybridized carbons (Fsp3) is 0.909. The number of carbonyl (C=O) groups excluding carboxylic acids is 1. The second kappa shape index (κ2) is 4.69. The molecule has 0 spiro atoms. The minimum absolute atomic E-state index is 0.0514. The Hall–Kier alpha value is -0.650. The Morgan fingerprint density at radius 2 is 2.00 bits per heavy atom. The lowest BCUT2D eigenvalue weighted by molar-refractivity contribution is -0.309. The first-order valence-corrected chi connectivity index (χ1v) is 5.51. The molecule has 5 heteroatoms. The highest BCUT2D eigenvalue weighted by atomic mass is 16.8. The molecule has 1 aliphatic rings. The lowest BCUT2D eigenvalue weighted by atomic mass is 10.1. The maximum absolute atomic E-state index is 10.8. The van der Waals surface area contributed by atoms with Crippen molar-refractivity contribution in [1.29, 1.82) is 0 Å². The average Bonchev–Trinajstić information content (AvgIpc) is 2.74. The maximum Gasteiger partial charge on any atom is 0.200 e. The SMILES string of the molecule is CC(C)[C@H](NC1OC1OC(C)(C)C)C(=O)[O-]. The van der Waals surface area contributed by atoms with Gasteiger partial charge in [0.05, 0.1) is 17.6 Å². The molecule has 0 aromatic carbocycles. The molecular formula is C11H20NO4-. The molecule has 0 aliphatic carbocycles. The predicted octanol–water partition coefficient (Wildman–Crippen LogP) is -0.152. The van der Waals surface area contributed by atoms with Crippen molar-refractivity contribution in [3.8, 4) is 0 Å². The largest absolute Gasteiger partial charge is 0.548 e. The van der Waals surface area contributed by atoms with Gasteiger partial charge in [-0.25, -0.2) is 0 Å². The van der Waals surface area contributed by atoms with Gasteiger partial charge in [-0.05, 0) is 26.7 Å². The number of hydrogen-bond acceptors (Lipinski definition) is 5. The molecule has 1 heterocycles. The number of carbonyl (C=O) groups is 1. The van der Waals surface area contributed by atoms with Crippen molar-refractivity contribution in [2.24, 2.45) is 5.92 Å². The van der Waals surface area contributed by atoms with Crippen molar-refractivity contribution in [2.45, 2.75) is 58.8 Å². The van der Waals surface area contributed by atoms with Crippen LogP contribution < -0.4 is 10.4 Å². The summed E-state index contributed by atoms with van der Waals surface area (Å²) in [6.45, 7) is 9.39. The number of carboxylic acids is 1. The Labute approximate surface area is 96.1 Å². The van der Waals surface area contributed by atoms with Crippen molar-refractivity contribution in [3.05, 3.63) is 0 Å². The van der Waals surface area contributed by atoms with Crippen LogP contribution in [-0.4, -0.2) is 30.1 Å². The third-order valence-electron chi connectivity index (χ3n) is 2.19. The number of carboxylic acid groups (broad SMARTS) is 1. The third kappa shape index (κ3) is 4.08. The van der Waals surface area contributed by atoms with Gasteiger partial charge in [-0.3, -0.25) is 5.32 Å². The van der Waals surface area contributed by atoms with Crippen molar-refractivity contribution in [1.82, 2.24) is 5.32 Å². The molecule has 1 rings (SSSR count). The summed E-state index contributed by atoms with van der Waals surface area (Å²) < 4.78 is 10.7. The van der Waals surface area contributed by atoms with Crippen LogP contribution in [0.5, 0.6) is 0 Å². The van der Waals surface area contributed by atoms with E-state index in [1.54, 1.807) is 0 Å². The molecule has 5 nitrogen and oxygen atoms in total. The van der Waals surface area contributed by atoms with E-state index in [2.05, 4.69) is 5.32 Å². The summed E-state index contributed by atoms with van der Waals surface area (Å²) in [7, 11) is 0. The average molecular weight is 230 g/mol. The number of epoxide rings is 1. The quantitative estimate of drug-likeness (QED) is 0.665. The van der Waals surface area contributed by atoms with E-state index in [4.69, 9.17) is 9.47 Å². The maximum atomic E-state index is 10.8. The number of ether oxygens (including phenoxy) is 2. The van der Waals surface area contributed by atoms with E-state index < -0.39 is 12.0 Å². The number of rotatable bonds is 5. The molecule has 94 valence electrons. The zero-order valence-corrected chi connectivity index (χ0v) is 10.4. The second-order valence-corrected chi connectivity index (χ2v) is 5.36. The smallest absolute Gasteiger partial charge is 0.200 e. The van der Waals surface area contributed by atoms with E-state index in [0.29, 0.717) is 0 Å². The molecule has 1 aliphatic heterocycles. The Morgan fingerprint density at radius 1 is 1.44 bits per heavy atom. The van der Waals surface area contributed by atoms with Gasteiger partial charge in [0.1, 0.15) is 0 Å². The van der Waals surface area contributed by atoms with E-state index >= 15 is 0 Å². The van der Waals surface area contributed by atoms with Crippen LogP contribution in [0.1, 0.15) is 34.6 Å². The van der Waals surface area contributed by atoms with E-state index in [9.17, 15) is 9.90 Å². The Balaban J connectivity index is 2.38. The summed E-state index contributed by atoms with van der Waals surface area (Å²) in [5.41, 5.74) is -0.296. The van der Waals surface area contributed by atoms with Crippen molar-refractivity contribution < 1.29 is 19.4 Å². The summed E-state index contributed by atoms with van der Waals surface area (Å²) in [5.74, 6) is -1.16. The van der Waals surface area contributed by atoms with Gasteiger partial charge in [0.2, 0.25) is 0 Å². The lowest BCUT2D eigenvalue weighted by Crippen LogP contribution is -2.50. The molecule has 1 saturated heterocycles. The molecule has 1 N–H and O–H groups in total. The molecule has 2 unspecified atom stereocenters. The molecule has 16 heavy (non-hydrogen) atoms. The molecule has 0 saturated carbocycles. The third-order valence-corrected chi connectivity index (χ3v) is 2.19. The topological polar surface area (TPSA) is 73.9 Å². The van der Waals surface area contributed by atoms with Gasteiger partial charge >= 0.3 is 0 Å². The minimum atomic E-state index is -1.11. The van der Waals surface area contributed by atoms with E-state index in [-0.39, 0.29) is 24.0 Å². The van der Waals surface area contributed by atoms with Crippen LogP contribution in [0.25, 0.3) is 0 Å². The van der Waals surface area contributed by atoms with Crippen LogP contribution in [0.3, 0.4) is 0 Å². The summed E-state index contributed by atoms with van der Waals surface area (Å²) in [6, 6.07) is -0.710. The molecule has 0 aromatic heterocycles. The van der Waals surface area contributed by atoms with Crippen LogP contribution in [0.2, 0.25) is 0 Å². The number of aliphatic carboxylic acids is 1. The van der Waals surface area contributed by atoms with Gasteiger partial charge in [0, 0.05) is 0 Å². The first kappa shape index (κ1) is 13.4. The normalized spacial score (nSPS) is 26.9. The van der Waals surface area contributed by atoms with Gasteiger partial charge in [-0.2, -0.15) is 0 Å². The van der Waals surface area contributed by atoms with Crippen LogP contribution in [0.4, 0.5) is 0 Å². The predicted molar refractivity (Wildman–Crippen MR) is 56.3 cm³/mol. The standard InChI is InChI=1S/C11H21NO4/c1-6(2)7(9(13)14)12-8-10(15-8)16-11(3,4)5/h6-8,10,12H,1-5H3,(H,13,14)/p-1/t7-,8?,10?/m0/s1. The summed E-state index contributed by atoms with van der Waals surface area (Å²) in [4.78, 5) is 10.8. The highest BCUT2D eigenvalue weighted by Gasteiger charge is 2.44. The summed E-state index contributed by atoms with van der Waals surface area (Å²) in [5, 5.41) is 13.7. The Morgan fingerprint density at radius 3 is 2.38 bits per heavy atom. The fourth-order valence-electron chi connectivity index (χ4n) is 1.36. The first-order chi connectivity index (χ1) is 7.20. The monoisotopic (exact) mass is 230 g/mol. The van der Waals surface area contributed by atoms with Crippen molar-refractivity contribution >= 4 is 5.97 Å². The van der Waals surface area contributed by atoms with E-state index in [1.165, 1.54) is 0 Å². The molecule has 0 radical (unpaired) electrons. The lowest BCUT2D eigenvalue weighted by Gasteiger charge is -2.23. The molecule has 0 bridgehead atoms. The van der Waals surface area contributed by atoms with Crippen molar-refractivity contribution in [3.63, 3.8) is 0 Å². The fourth-order valence-corrected chi connectivity index (χ4v) is 1.36. The highest BCUT2D eigenvalue weighted by molar-refractivity contribution is 5.71. The van der Waals surface area contributed by atoms with E-state index in [1.807, 2.05) is 34.6 Å². The van der Waals surface area contributed by atoms with Gasteiger partial charge < -0.3 is 19.4 Å². The van der Waals surface area contributed by atoms with Crippen LogP contribution in [-0.2, 0) is 14.3 Å². The molecule has 0 amide bonds. The van der Waals surface area contributed by atoms with Crippen LogP contribution in [0, 0.1) is 5.92 Å². The first-order valence-electron chi connectivity index (χ1n) is 5.51. The summed E-state index contributed by atoms with van der Waals surface area (Å²) >= 11 is 0. The number of hydrogen-bond donors (Lipinski definition) is 1. The number of nitrogens with one attached hydrogen (secondary N) is 1. The highest BCUT2D eigenvalue weighted by Crippen LogP contribution is 2.27. The van der Waals surface area contributed by atoms with Gasteiger partial charge in [0.25, 0.3) is 0 Å². The van der Waals surface area contributed by atoms with Crippen molar-refractivity contribution in [2.75, 3.05) is 0 Å². The zero-order chi connectivity index (χ0) is 12.5. The molecule has 1 fully saturated rings. The van der Waals surface area contributed by atoms with Crippen LogP contribution in [0.15, 0.2) is 0 Å². The zero-order valence-electron chi connectivity index (χ0n) is 10.4. The summed E-state index contributed by atoms with van der Waals surface area (Å²) in [6.07, 6.45) is -0.704. The van der Waals surface area contributed by atoms with Gasteiger partial charge in [-0.15, -0.1) is 0 Å². The van der Waals surface area contributed by atoms with Crippen LogP contribution >= 0.6 is 0 Å². The Bertz CT molecular complexity index is 259. The molecule has 0 aromatic rings. The Kier molecular flexibility index (Phi) is 3.93. The molecule has 3 atom stereocenters.